The second-order valence-corrected chi connectivity index (χ2v) is 7.57. The number of piperidine rings is 1. The van der Waals surface area contributed by atoms with E-state index < -0.39 is 0 Å². The molecule has 0 spiro atoms. The number of amides is 1. The van der Waals surface area contributed by atoms with E-state index in [4.69, 9.17) is 0 Å². The summed E-state index contributed by atoms with van der Waals surface area (Å²) in [6.07, 6.45) is 4.20. The molecule has 2 N–H and O–H groups in total. The van der Waals surface area contributed by atoms with Crippen LogP contribution in [0.2, 0.25) is 0 Å². The number of aromatic amines is 1. The van der Waals surface area contributed by atoms with Crippen LogP contribution in [0.5, 0.6) is 0 Å². The number of anilines is 1. The van der Waals surface area contributed by atoms with Gasteiger partial charge in [0, 0.05) is 24.0 Å². The summed E-state index contributed by atoms with van der Waals surface area (Å²) in [7, 11) is 0. The Morgan fingerprint density at radius 2 is 2.40 bits per heavy atom. The van der Waals surface area contributed by atoms with Gasteiger partial charge in [0.15, 0.2) is 5.13 Å². The molecular weight excluding hydrogens is 334 g/mol. The minimum atomic E-state index is -0.149. The third-order valence-corrected chi connectivity index (χ3v) is 5.39. The Morgan fingerprint density at radius 3 is 3.28 bits per heavy atom. The van der Waals surface area contributed by atoms with E-state index in [0.29, 0.717) is 10.7 Å². The molecule has 3 heterocycles. The quantitative estimate of drug-likeness (QED) is 0.751. The number of nitrogens with zero attached hydrogens (tertiary/aromatic N) is 3. The Kier molecular flexibility index (Phi) is 4.50. The Bertz CT molecular complexity index is 886. The maximum absolute atomic E-state index is 12.4. The smallest absolute Gasteiger partial charge is 0.257 e. The van der Waals surface area contributed by atoms with Crippen LogP contribution in [0.25, 0.3) is 11.0 Å². The number of nitrogens with one attached hydrogen (secondary N) is 2. The molecule has 1 aliphatic rings. The molecule has 1 atom stereocenters. The first-order chi connectivity index (χ1) is 12.2. The van der Waals surface area contributed by atoms with E-state index in [1.807, 2.05) is 11.4 Å². The van der Waals surface area contributed by atoms with Crippen LogP contribution >= 0.6 is 11.3 Å². The molecule has 0 saturated carbocycles. The number of fused-ring (bicyclic) bond motifs is 1. The average Bonchev–Trinajstić information content (AvgIpc) is 3.23. The van der Waals surface area contributed by atoms with Crippen LogP contribution in [0, 0.1) is 5.92 Å². The van der Waals surface area contributed by atoms with E-state index in [-0.39, 0.29) is 5.91 Å². The number of hydrogen-bond acceptors (Lipinski definition) is 5. The summed E-state index contributed by atoms with van der Waals surface area (Å²) in [5.74, 6) is 0.605. The van der Waals surface area contributed by atoms with Crippen molar-refractivity contribution < 1.29 is 4.79 Å². The molecule has 6 nitrogen and oxygen atoms in total. The van der Waals surface area contributed by atoms with Crippen LogP contribution < -0.4 is 5.32 Å². The van der Waals surface area contributed by atoms with Crippen molar-refractivity contribution in [2.75, 3.05) is 18.4 Å². The monoisotopic (exact) mass is 355 g/mol. The summed E-state index contributed by atoms with van der Waals surface area (Å²) in [5.41, 5.74) is 3.33. The van der Waals surface area contributed by atoms with Crippen LogP contribution in [0.15, 0.2) is 29.9 Å². The van der Waals surface area contributed by atoms with E-state index in [2.05, 4.69) is 32.1 Å². The number of imidazole rings is 1. The standard InChI is InChI=1S/C18H21N5OS/c1-12-3-2-6-23(8-12)9-14-10-25-18(21-14)22-17(24)13-4-5-15-16(7-13)20-11-19-15/h4-5,7,10-12H,2-3,6,8-9H2,1H3,(H,19,20)(H,21,22,24). The predicted molar refractivity (Wildman–Crippen MR) is 99.8 cm³/mol. The highest BCUT2D eigenvalue weighted by Gasteiger charge is 2.17. The highest BCUT2D eigenvalue weighted by molar-refractivity contribution is 7.13. The first-order valence-corrected chi connectivity index (χ1v) is 9.46. The van der Waals surface area contributed by atoms with Crippen molar-refractivity contribution in [1.82, 2.24) is 19.9 Å². The molecule has 4 rings (SSSR count). The largest absolute Gasteiger partial charge is 0.345 e. The van der Waals surface area contributed by atoms with Gasteiger partial charge < -0.3 is 4.98 Å². The van der Waals surface area contributed by atoms with Gasteiger partial charge in [0.2, 0.25) is 0 Å². The fraction of sp³-hybridized carbons (Fsp3) is 0.389. The highest BCUT2D eigenvalue weighted by Crippen LogP contribution is 2.21. The van der Waals surface area contributed by atoms with Gasteiger partial charge in [-0.25, -0.2) is 9.97 Å². The summed E-state index contributed by atoms with van der Waals surface area (Å²) in [6, 6.07) is 5.43. The zero-order valence-corrected chi connectivity index (χ0v) is 15.0. The molecule has 0 radical (unpaired) electrons. The molecule has 130 valence electrons. The molecule has 7 heteroatoms. The van der Waals surface area contributed by atoms with Crippen molar-refractivity contribution in [3.8, 4) is 0 Å². The number of carbonyl (C=O) groups excluding carboxylic acids is 1. The maximum Gasteiger partial charge on any atom is 0.257 e. The molecule has 1 fully saturated rings. The van der Waals surface area contributed by atoms with E-state index in [1.165, 1.54) is 24.2 Å². The van der Waals surface area contributed by atoms with Crippen LogP contribution in [-0.2, 0) is 6.54 Å². The molecule has 1 saturated heterocycles. The van der Waals surface area contributed by atoms with E-state index in [1.54, 1.807) is 18.5 Å². The minimum absolute atomic E-state index is 0.149. The molecule has 25 heavy (non-hydrogen) atoms. The van der Waals surface area contributed by atoms with Crippen LogP contribution in [0.1, 0.15) is 35.8 Å². The lowest BCUT2D eigenvalue weighted by atomic mass is 10.0. The number of benzene rings is 1. The fourth-order valence-electron chi connectivity index (χ4n) is 3.34. The van der Waals surface area contributed by atoms with Crippen molar-refractivity contribution in [3.05, 3.63) is 41.2 Å². The van der Waals surface area contributed by atoms with Gasteiger partial charge in [-0.15, -0.1) is 11.3 Å². The van der Waals surface area contributed by atoms with E-state index in [0.717, 1.165) is 42.3 Å². The van der Waals surface area contributed by atoms with Crippen molar-refractivity contribution in [2.24, 2.45) is 5.92 Å². The minimum Gasteiger partial charge on any atom is -0.345 e. The fourth-order valence-corrected chi connectivity index (χ4v) is 4.04. The molecule has 0 aliphatic carbocycles. The maximum atomic E-state index is 12.4. The van der Waals surface area contributed by atoms with Gasteiger partial charge >= 0.3 is 0 Å². The van der Waals surface area contributed by atoms with Gasteiger partial charge in [-0.05, 0) is 43.5 Å². The second-order valence-electron chi connectivity index (χ2n) is 6.72. The van der Waals surface area contributed by atoms with Gasteiger partial charge in [0.1, 0.15) is 0 Å². The summed E-state index contributed by atoms with van der Waals surface area (Å²) in [6.45, 7) is 5.42. The number of rotatable bonds is 4. The van der Waals surface area contributed by atoms with E-state index in [9.17, 15) is 4.79 Å². The van der Waals surface area contributed by atoms with Gasteiger partial charge in [-0.2, -0.15) is 0 Å². The molecule has 2 aromatic heterocycles. The van der Waals surface area contributed by atoms with Gasteiger partial charge in [0.25, 0.3) is 5.91 Å². The van der Waals surface area contributed by atoms with Crippen LogP contribution in [0.3, 0.4) is 0 Å². The average molecular weight is 355 g/mol. The van der Waals surface area contributed by atoms with Gasteiger partial charge in [0.05, 0.1) is 23.1 Å². The zero-order chi connectivity index (χ0) is 17.2. The normalized spacial score (nSPS) is 18.5. The Morgan fingerprint density at radius 1 is 1.48 bits per heavy atom. The number of thiazole rings is 1. The Balaban J connectivity index is 1.40. The lowest BCUT2D eigenvalue weighted by molar-refractivity contribution is 0.102. The number of hydrogen-bond donors (Lipinski definition) is 2. The molecule has 1 aromatic carbocycles. The Labute approximate surface area is 150 Å². The third kappa shape index (κ3) is 3.72. The second kappa shape index (κ2) is 6.93. The first kappa shape index (κ1) is 16.2. The van der Waals surface area contributed by atoms with Crippen LogP contribution in [-0.4, -0.2) is 38.8 Å². The topological polar surface area (TPSA) is 73.9 Å². The highest BCUT2D eigenvalue weighted by atomic mass is 32.1. The van der Waals surface area contributed by atoms with Gasteiger partial charge in [-0.3, -0.25) is 15.0 Å². The molecule has 3 aromatic rings. The van der Waals surface area contributed by atoms with Crippen molar-refractivity contribution in [3.63, 3.8) is 0 Å². The van der Waals surface area contributed by atoms with Crippen LogP contribution in [0.4, 0.5) is 5.13 Å². The summed E-state index contributed by atoms with van der Waals surface area (Å²) in [5, 5.41) is 5.58. The molecule has 1 aliphatic heterocycles. The molecule has 0 bridgehead atoms. The lowest BCUT2D eigenvalue weighted by Gasteiger charge is -2.30. The Hall–Kier alpha value is -2.25. The molecule has 1 unspecified atom stereocenters. The van der Waals surface area contributed by atoms with E-state index >= 15 is 0 Å². The number of aromatic nitrogens is 3. The van der Waals surface area contributed by atoms with Gasteiger partial charge in [-0.1, -0.05) is 6.92 Å². The first-order valence-electron chi connectivity index (χ1n) is 8.58. The summed E-state index contributed by atoms with van der Waals surface area (Å²) in [4.78, 5) is 26.6. The lowest BCUT2D eigenvalue weighted by Crippen LogP contribution is -2.33. The predicted octanol–water partition coefficient (Wildman–Crippen LogP) is 3.50. The number of H-pyrrole nitrogens is 1. The summed E-state index contributed by atoms with van der Waals surface area (Å²) >= 11 is 1.48. The van der Waals surface area contributed by atoms with Crippen molar-refractivity contribution in [1.29, 1.82) is 0 Å². The SMILES string of the molecule is CC1CCCN(Cc2csc(NC(=O)c3ccc4nc[nH]c4c3)n2)C1. The molecular formula is C18H21N5OS. The van der Waals surface area contributed by atoms with Crippen molar-refractivity contribution >= 4 is 33.4 Å². The molecule has 1 amide bonds. The third-order valence-electron chi connectivity index (χ3n) is 4.58. The number of likely N-dealkylation sites (tertiary alicyclic amines) is 1. The van der Waals surface area contributed by atoms with Crippen molar-refractivity contribution in [2.45, 2.75) is 26.3 Å². The zero-order valence-electron chi connectivity index (χ0n) is 14.2. The summed E-state index contributed by atoms with van der Waals surface area (Å²) < 4.78 is 0. The number of carbonyl (C=O) groups is 1.